The molecule has 0 unspecified atom stereocenters. The number of hydrogen-bond acceptors (Lipinski definition) is 2. The first-order valence-corrected chi connectivity index (χ1v) is 6.18. The molecular weight excluding hydrogens is 238 g/mol. The van der Waals surface area contributed by atoms with Gasteiger partial charge in [-0.05, 0) is 23.8 Å². The molecule has 0 fully saturated rings. The van der Waals surface area contributed by atoms with E-state index in [2.05, 4.69) is 15.3 Å². The van der Waals surface area contributed by atoms with Crippen LogP contribution in [0.1, 0.15) is 5.56 Å². The maximum atomic E-state index is 12.0. The number of aromatic nitrogens is 2. The Bertz CT molecular complexity index is 804. The lowest BCUT2D eigenvalue weighted by molar-refractivity contribution is -0.115. The summed E-state index contributed by atoms with van der Waals surface area (Å²) in [5.74, 6) is -0.00208. The highest BCUT2D eigenvalue weighted by Gasteiger charge is 2.23. The van der Waals surface area contributed by atoms with Gasteiger partial charge in [0, 0.05) is 17.1 Å². The van der Waals surface area contributed by atoms with Gasteiger partial charge in [0.15, 0.2) is 0 Å². The standard InChI is InChI=1S/C15H11N3O/c19-13-8-10-9-4-1-2-5-11(9)18-14(10)15-12(17-13)6-3-7-16-15/h1-7,18H,8H2,(H,17,19). The maximum Gasteiger partial charge on any atom is 0.228 e. The number of para-hydroxylation sites is 1. The topological polar surface area (TPSA) is 57.8 Å². The molecular formula is C15H11N3O. The van der Waals surface area contributed by atoms with Crippen molar-refractivity contribution in [2.45, 2.75) is 6.42 Å². The van der Waals surface area contributed by atoms with Crippen molar-refractivity contribution in [1.82, 2.24) is 9.97 Å². The number of benzene rings is 1. The number of aromatic amines is 1. The molecule has 4 rings (SSSR count). The van der Waals surface area contributed by atoms with Crippen molar-refractivity contribution >= 4 is 22.5 Å². The molecule has 0 saturated heterocycles. The normalized spacial score (nSPS) is 13.6. The second-order valence-electron chi connectivity index (χ2n) is 4.65. The van der Waals surface area contributed by atoms with Gasteiger partial charge in [0.25, 0.3) is 0 Å². The Morgan fingerprint density at radius 3 is 2.95 bits per heavy atom. The van der Waals surface area contributed by atoms with E-state index in [9.17, 15) is 4.79 Å². The average Bonchev–Trinajstić information content (AvgIpc) is 2.71. The first-order valence-electron chi connectivity index (χ1n) is 6.18. The SMILES string of the molecule is O=C1Cc2c([nH]c3ccccc23)-c2ncccc2N1. The first-order chi connectivity index (χ1) is 9.33. The minimum atomic E-state index is -0.00208. The van der Waals surface area contributed by atoms with Gasteiger partial charge in [-0.15, -0.1) is 0 Å². The van der Waals surface area contributed by atoms with E-state index in [1.54, 1.807) is 6.20 Å². The van der Waals surface area contributed by atoms with Gasteiger partial charge < -0.3 is 10.3 Å². The number of carbonyl (C=O) groups excluding carboxylic acids is 1. The van der Waals surface area contributed by atoms with Crippen molar-refractivity contribution < 1.29 is 4.79 Å². The highest BCUT2D eigenvalue weighted by molar-refractivity contribution is 6.04. The van der Waals surface area contributed by atoms with Crippen molar-refractivity contribution in [3.8, 4) is 11.4 Å². The molecule has 19 heavy (non-hydrogen) atoms. The van der Waals surface area contributed by atoms with Gasteiger partial charge in [-0.3, -0.25) is 9.78 Å². The van der Waals surface area contributed by atoms with E-state index in [0.717, 1.165) is 33.5 Å². The monoisotopic (exact) mass is 249 g/mol. The molecule has 4 heteroatoms. The zero-order valence-corrected chi connectivity index (χ0v) is 10.1. The van der Waals surface area contributed by atoms with Gasteiger partial charge in [0.1, 0.15) is 5.69 Å². The first kappa shape index (κ1) is 10.3. The smallest absolute Gasteiger partial charge is 0.228 e. The molecule has 0 saturated carbocycles. The van der Waals surface area contributed by atoms with Crippen molar-refractivity contribution in [2.75, 3.05) is 5.32 Å². The van der Waals surface area contributed by atoms with Crippen LogP contribution in [0.15, 0.2) is 42.6 Å². The van der Waals surface area contributed by atoms with Gasteiger partial charge in [-0.25, -0.2) is 0 Å². The fraction of sp³-hybridized carbons (Fsp3) is 0.0667. The minimum Gasteiger partial charge on any atom is -0.353 e. The lowest BCUT2D eigenvalue weighted by Crippen LogP contribution is -2.12. The van der Waals surface area contributed by atoms with Gasteiger partial charge in [0.05, 0.1) is 17.8 Å². The number of H-pyrrole nitrogens is 1. The highest BCUT2D eigenvalue weighted by atomic mass is 16.1. The number of nitrogens with zero attached hydrogens (tertiary/aromatic N) is 1. The fourth-order valence-electron chi connectivity index (χ4n) is 2.65. The third-order valence-electron chi connectivity index (χ3n) is 3.47. The van der Waals surface area contributed by atoms with Crippen molar-refractivity contribution in [3.63, 3.8) is 0 Å². The van der Waals surface area contributed by atoms with Crippen molar-refractivity contribution in [1.29, 1.82) is 0 Å². The summed E-state index contributed by atoms with van der Waals surface area (Å²) in [5, 5.41) is 3.99. The average molecular weight is 249 g/mol. The van der Waals surface area contributed by atoms with E-state index in [0.29, 0.717) is 6.42 Å². The summed E-state index contributed by atoms with van der Waals surface area (Å²) in [6.07, 6.45) is 2.11. The van der Waals surface area contributed by atoms with E-state index in [-0.39, 0.29) is 5.91 Å². The van der Waals surface area contributed by atoms with Gasteiger partial charge in [-0.2, -0.15) is 0 Å². The van der Waals surface area contributed by atoms with Gasteiger partial charge >= 0.3 is 0 Å². The summed E-state index contributed by atoms with van der Waals surface area (Å²) >= 11 is 0. The maximum absolute atomic E-state index is 12.0. The Morgan fingerprint density at radius 2 is 2.00 bits per heavy atom. The minimum absolute atomic E-state index is 0.00208. The largest absolute Gasteiger partial charge is 0.353 e. The molecule has 0 radical (unpaired) electrons. The van der Waals surface area contributed by atoms with E-state index in [1.165, 1.54) is 0 Å². The molecule has 92 valence electrons. The van der Waals surface area contributed by atoms with Crippen LogP contribution in [0.4, 0.5) is 5.69 Å². The number of anilines is 1. The summed E-state index contributed by atoms with van der Waals surface area (Å²) in [4.78, 5) is 19.8. The summed E-state index contributed by atoms with van der Waals surface area (Å²) < 4.78 is 0. The van der Waals surface area contributed by atoms with E-state index < -0.39 is 0 Å². The molecule has 1 aliphatic heterocycles. The number of rotatable bonds is 0. The Balaban J connectivity index is 2.11. The van der Waals surface area contributed by atoms with E-state index in [4.69, 9.17) is 0 Å². The molecule has 0 aliphatic carbocycles. The quantitative estimate of drug-likeness (QED) is 0.643. The summed E-state index contributed by atoms with van der Waals surface area (Å²) in [5.41, 5.74) is 4.57. The molecule has 0 bridgehead atoms. The lowest BCUT2D eigenvalue weighted by atomic mass is 10.1. The molecule has 3 aromatic rings. The second kappa shape index (κ2) is 3.68. The number of nitrogens with one attached hydrogen (secondary N) is 2. The predicted molar refractivity (Wildman–Crippen MR) is 73.9 cm³/mol. The Kier molecular flexibility index (Phi) is 2.00. The van der Waals surface area contributed by atoms with Crippen LogP contribution in [0.2, 0.25) is 0 Å². The molecule has 2 N–H and O–H groups in total. The van der Waals surface area contributed by atoms with E-state index >= 15 is 0 Å². The Hall–Kier alpha value is -2.62. The molecule has 0 atom stereocenters. The predicted octanol–water partition coefficient (Wildman–Crippen LogP) is 2.72. The number of amides is 1. The van der Waals surface area contributed by atoms with Crippen LogP contribution in [0.3, 0.4) is 0 Å². The summed E-state index contributed by atoms with van der Waals surface area (Å²) in [6, 6.07) is 11.7. The molecule has 1 aromatic carbocycles. The second-order valence-corrected chi connectivity index (χ2v) is 4.65. The number of hydrogen-bond donors (Lipinski definition) is 2. The van der Waals surface area contributed by atoms with E-state index in [1.807, 2.05) is 36.4 Å². The number of fused-ring (bicyclic) bond motifs is 5. The molecule has 3 heterocycles. The summed E-state index contributed by atoms with van der Waals surface area (Å²) in [6.45, 7) is 0. The molecule has 2 aromatic heterocycles. The third kappa shape index (κ3) is 1.46. The van der Waals surface area contributed by atoms with Crippen LogP contribution in [0, 0.1) is 0 Å². The van der Waals surface area contributed by atoms with Crippen molar-refractivity contribution in [3.05, 3.63) is 48.2 Å². The van der Waals surface area contributed by atoms with Crippen molar-refractivity contribution in [2.24, 2.45) is 0 Å². The van der Waals surface area contributed by atoms with Crippen LogP contribution in [0.25, 0.3) is 22.3 Å². The summed E-state index contributed by atoms with van der Waals surface area (Å²) in [7, 11) is 0. The zero-order valence-electron chi connectivity index (χ0n) is 10.1. The molecule has 1 amide bonds. The zero-order chi connectivity index (χ0) is 12.8. The Labute approximate surface area is 109 Å². The lowest BCUT2D eigenvalue weighted by Gasteiger charge is -2.04. The van der Waals surface area contributed by atoms with Crippen LogP contribution >= 0.6 is 0 Å². The Morgan fingerprint density at radius 1 is 1.11 bits per heavy atom. The van der Waals surface area contributed by atoms with Crippen LogP contribution in [-0.4, -0.2) is 15.9 Å². The van der Waals surface area contributed by atoms with Gasteiger partial charge in [0.2, 0.25) is 5.91 Å². The third-order valence-corrected chi connectivity index (χ3v) is 3.47. The molecule has 1 aliphatic rings. The van der Waals surface area contributed by atoms with Crippen LogP contribution in [0.5, 0.6) is 0 Å². The van der Waals surface area contributed by atoms with Crippen LogP contribution < -0.4 is 5.32 Å². The molecule has 4 nitrogen and oxygen atoms in total. The number of pyridine rings is 1. The highest BCUT2D eigenvalue weighted by Crippen LogP contribution is 2.35. The number of carbonyl (C=O) groups is 1. The van der Waals surface area contributed by atoms with Crippen LogP contribution in [-0.2, 0) is 11.2 Å². The fourth-order valence-corrected chi connectivity index (χ4v) is 2.65. The molecule has 0 spiro atoms. The van der Waals surface area contributed by atoms with Gasteiger partial charge in [-0.1, -0.05) is 18.2 Å².